The summed E-state index contributed by atoms with van der Waals surface area (Å²) in [6, 6.07) is 6.17. The molecule has 0 fully saturated rings. The lowest BCUT2D eigenvalue weighted by molar-refractivity contribution is 0.601. The van der Waals surface area contributed by atoms with Crippen LogP contribution in [0.15, 0.2) is 50.5 Å². The number of hydrogen-bond acceptors (Lipinski definition) is 3. The molecule has 0 radical (unpaired) electrons. The van der Waals surface area contributed by atoms with E-state index in [0.717, 1.165) is 0 Å². The zero-order valence-corrected chi connectivity index (χ0v) is 14.0. The van der Waals surface area contributed by atoms with Crippen molar-refractivity contribution in [2.45, 2.75) is 4.90 Å². The van der Waals surface area contributed by atoms with Gasteiger partial charge < -0.3 is 0 Å². The summed E-state index contributed by atoms with van der Waals surface area (Å²) in [5, 5.41) is 0.143. The fraction of sp³-hybridized carbons (Fsp3) is 0. The van der Waals surface area contributed by atoms with Crippen molar-refractivity contribution in [3.05, 3.63) is 50.6 Å². The third-order valence-corrected chi connectivity index (χ3v) is 4.93. The van der Waals surface area contributed by atoms with E-state index in [-0.39, 0.29) is 9.92 Å². The lowest BCUT2D eigenvalue weighted by Crippen LogP contribution is -2.13. The lowest BCUT2D eigenvalue weighted by Gasteiger charge is -2.09. The molecule has 0 amide bonds. The van der Waals surface area contributed by atoms with Crippen LogP contribution in [0.5, 0.6) is 0 Å². The van der Waals surface area contributed by atoms with Gasteiger partial charge >= 0.3 is 0 Å². The standard InChI is InChI=1S/C11H7Br2ClN2O2S/c12-7-1-2-11(10(14)4-7)19(17,18)16-9-3-8(13)5-15-6-9/h1-6,16H. The predicted octanol–water partition coefficient (Wildman–Crippen LogP) is 4.06. The highest BCUT2D eigenvalue weighted by molar-refractivity contribution is 9.10. The summed E-state index contributed by atoms with van der Waals surface area (Å²) in [5.74, 6) is 0. The molecular weight excluding hydrogens is 419 g/mol. The number of rotatable bonds is 3. The molecule has 4 nitrogen and oxygen atoms in total. The van der Waals surface area contributed by atoms with Crippen molar-refractivity contribution in [2.24, 2.45) is 0 Å². The van der Waals surface area contributed by atoms with Crippen LogP contribution in [0.3, 0.4) is 0 Å². The van der Waals surface area contributed by atoms with Crippen LogP contribution in [-0.2, 0) is 10.0 Å². The van der Waals surface area contributed by atoms with Crippen LogP contribution in [0, 0.1) is 0 Å². The van der Waals surface area contributed by atoms with E-state index < -0.39 is 10.0 Å². The summed E-state index contributed by atoms with van der Waals surface area (Å²) in [5.41, 5.74) is 0.355. The first kappa shape index (κ1) is 14.8. The Morgan fingerprint density at radius 1 is 1.11 bits per heavy atom. The topological polar surface area (TPSA) is 59.1 Å². The Balaban J connectivity index is 2.38. The van der Waals surface area contributed by atoms with E-state index in [2.05, 4.69) is 41.6 Å². The maximum absolute atomic E-state index is 12.2. The number of halogens is 3. The number of nitrogens with zero attached hydrogens (tertiary/aromatic N) is 1. The molecule has 2 aromatic rings. The van der Waals surface area contributed by atoms with Gasteiger partial charge in [0.25, 0.3) is 10.0 Å². The van der Waals surface area contributed by atoms with Crippen LogP contribution in [0.2, 0.25) is 5.02 Å². The molecule has 0 aliphatic rings. The van der Waals surface area contributed by atoms with E-state index >= 15 is 0 Å². The van der Waals surface area contributed by atoms with Crippen molar-refractivity contribution < 1.29 is 8.42 Å². The van der Waals surface area contributed by atoms with Crippen LogP contribution >= 0.6 is 43.5 Å². The summed E-state index contributed by atoms with van der Waals surface area (Å²) in [7, 11) is -3.74. The highest BCUT2D eigenvalue weighted by Gasteiger charge is 2.18. The number of sulfonamides is 1. The van der Waals surface area contributed by atoms with Gasteiger partial charge in [-0.25, -0.2) is 8.42 Å². The molecule has 0 saturated carbocycles. The molecule has 1 heterocycles. The molecule has 0 aliphatic carbocycles. The molecule has 0 saturated heterocycles. The van der Waals surface area contributed by atoms with Gasteiger partial charge in [0, 0.05) is 15.1 Å². The smallest absolute Gasteiger partial charge is 0.263 e. The Labute approximate surface area is 132 Å². The van der Waals surface area contributed by atoms with Gasteiger partial charge in [-0.15, -0.1) is 0 Å². The Morgan fingerprint density at radius 3 is 2.47 bits per heavy atom. The minimum absolute atomic E-state index is 0.0114. The largest absolute Gasteiger partial charge is 0.278 e. The number of benzene rings is 1. The van der Waals surface area contributed by atoms with E-state index in [1.807, 2.05) is 0 Å². The van der Waals surface area contributed by atoms with E-state index in [9.17, 15) is 8.42 Å². The van der Waals surface area contributed by atoms with Crippen LogP contribution in [-0.4, -0.2) is 13.4 Å². The fourth-order valence-corrected chi connectivity index (χ4v) is 3.81. The number of aromatic nitrogens is 1. The molecule has 1 N–H and O–H groups in total. The quantitative estimate of drug-likeness (QED) is 0.805. The van der Waals surface area contributed by atoms with Crippen molar-refractivity contribution in [2.75, 3.05) is 4.72 Å². The van der Waals surface area contributed by atoms with Gasteiger partial charge in [0.2, 0.25) is 0 Å². The second kappa shape index (κ2) is 5.78. The molecule has 1 aromatic heterocycles. The van der Waals surface area contributed by atoms with Gasteiger partial charge in [0.05, 0.1) is 16.9 Å². The molecule has 8 heteroatoms. The molecular formula is C11H7Br2ClN2O2S. The van der Waals surface area contributed by atoms with Crippen molar-refractivity contribution in [1.82, 2.24) is 4.98 Å². The average molecular weight is 427 g/mol. The summed E-state index contributed by atoms with van der Waals surface area (Å²) in [4.78, 5) is 3.90. The molecule has 1 aromatic carbocycles. The second-order valence-corrected chi connectivity index (χ2v) is 7.46. The maximum Gasteiger partial charge on any atom is 0.263 e. The van der Waals surface area contributed by atoms with Crippen LogP contribution < -0.4 is 4.72 Å². The normalized spacial score (nSPS) is 11.3. The van der Waals surface area contributed by atoms with Gasteiger partial charge in [0.1, 0.15) is 4.90 Å². The number of nitrogens with one attached hydrogen (secondary N) is 1. The molecule has 0 bridgehead atoms. The maximum atomic E-state index is 12.2. The van der Waals surface area contributed by atoms with Gasteiger partial charge in [-0.3, -0.25) is 9.71 Å². The first-order chi connectivity index (χ1) is 8.88. The average Bonchev–Trinajstić information content (AvgIpc) is 2.27. The highest BCUT2D eigenvalue weighted by atomic mass is 79.9. The fourth-order valence-electron chi connectivity index (χ4n) is 1.37. The zero-order chi connectivity index (χ0) is 14.0. The van der Waals surface area contributed by atoms with Crippen LogP contribution in [0.25, 0.3) is 0 Å². The Kier molecular flexibility index (Phi) is 4.50. The Hall–Kier alpha value is -0.630. The molecule has 100 valence electrons. The summed E-state index contributed by atoms with van der Waals surface area (Å²) >= 11 is 12.4. The molecule has 0 spiro atoms. The summed E-state index contributed by atoms with van der Waals surface area (Å²) in [6.07, 6.45) is 2.97. The minimum atomic E-state index is -3.74. The summed E-state index contributed by atoms with van der Waals surface area (Å²) in [6.45, 7) is 0. The van der Waals surface area contributed by atoms with Crippen molar-refractivity contribution in [1.29, 1.82) is 0 Å². The molecule has 0 aliphatic heterocycles. The predicted molar refractivity (Wildman–Crippen MR) is 81.9 cm³/mol. The van der Waals surface area contributed by atoms with E-state index in [0.29, 0.717) is 14.6 Å². The van der Waals surface area contributed by atoms with Crippen molar-refractivity contribution in [3.63, 3.8) is 0 Å². The highest BCUT2D eigenvalue weighted by Crippen LogP contribution is 2.27. The lowest BCUT2D eigenvalue weighted by atomic mass is 10.4. The van der Waals surface area contributed by atoms with E-state index in [4.69, 9.17) is 11.6 Å². The molecule has 2 rings (SSSR count). The Bertz CT molecular complexity index is 722. The van der Waals surface area contributed by atoms with Gasteiger partial charge in [-0.1, -0.05) is 27.5 Å². The van der Waals surface area contributed by atoms with Gasteiger partial charge in [0.15, 0.2) is 0 Å². The monoisotopic (exact) mass is 424 g/mol. The van der Waals surface area contributed by atoms with E-state index in [1.54, 1.807) is 18.3 Å². The number of pyridine rings is 1. The van der Waals surface area contributed by atoms with Crippen LogP contribution in [0.1, 0.15) is 0 Å². The first-order valence-corrected chi connectivity index (χ1v) is 8.41. The molecule has 0 unspecified atom stereocenters. The molecule has 0 atom stereocenters. The van der Waals surface area contributed by atoms with E-state index in [1.165, 1.54) is 18.3 Å². The second-order valence-electron chi connectivity index (χ2n) is 3.57. The zero-order valence-electron chi connectivity index (χ0n) is 9.27. The molecule has 19 heavy (non-hydrogen) atoms. The minimum Gasteiger partial charge on any atom is -0.278 e. The number of anilines is 1. The summed E-state index contributed by atoms with van der Waals surface area (Å²) < 4.78 is 28.2. The SMILES string of the molecule is O=S(=O)(Nc1cncc(Br)c1)c1ccc(Br)cc1Cl. The van der Waals surface area contributed by atoms with Crippen molar-refractivity contribution >= 4 is 59.2 Å². The first-order valence-electron chi connectivity index (χ1n) is 4.97. The Morgan fingerprint density at radius 2 is 1.84 bits per heavy atom. The third kappa shape index (κ3) is 3.68. The van der Waals surface area contributed by atoms with Gasteiger partial charge in [-0.05, 0) is 40.2 Å². The number of hydrogen-bond donors (Lipinski definition) is 1. The van der Waals surface area contributed by atoms with Crippen LogP contribution in [0.4, 0.5) is 5.69 Å². The van der Waals surface area contributed by atoms with Gasteiger partial charge in [-0.2, -0.15) is 0 Å². The van der Waals surface area contributed by atoms with Crippen molar-refractivity contribution in [3.8, 4) is 0 Å². The third-order valence-electron chi connectivity index (χ3n) is 2.14.